The molecule has 4 nitrogen and oxygen atoms in total. The van der Waals surface area contributed by atoms with Crippen molar-refractivity contribution in [1.29, 1.82) is 0 Å². The number of nitrogens with zero attached hydrogens (tertiary/aromatic N) is 2. The summed E-state index contributed by atoms with van der Waals surface area (Å²) in [6, 6.07) is 0.610. The van der Waals surface area contributed by atoms with Crippen LogP contribution in [0.25, 0.3) is 0 Å². The van der Waals surface area contributed by atoms with Gasteiger partial charge in [-0.15, -0.1) is 35.3 Å². The van der Waals surface area contributed by atoms with E-state index in [0.717, 1.165) is 17.5 Å². The molecule has 0 atom stereocenters. The molecule has 1 fully saturated rings. The van der Waals surface area contributed by atoms with Gasteiger partial charge in [0.2, 0.25) is 0 Å². The van der Waals surface area contributed by atoms with Crippen LogP contribution < -0.4 is 10.6 Å². The lowest BCUT2D eigenvalue weighted by molar-refractivity contribution is 0.380. The standard InChI is InChI=1S/C13H22N4S.HI/c1-9(2)11-8-18-12(17-11)7-15-13(14-3)16-10-5-4-6-10;/h8-10H,4-7H2,1-3H3,(H2,14,15,16);1H. The maximum Gasteiger partial charge on any atom is 0.191 e. The Morgan fingerprint density at radius 3 is 2.74 bits per heavy atom. The zero-order valence-corrected chi connectivity index (χ0v) is 14.9. The van der Waals surface area contributed by atoms with Crippen molar-refractivity contribution in [3.63, 3.8) is 0 Å². The smallest absolute Gasteiger partial charge is 0.191 e. The van der Waals surface area contributed by atoms with Gasteiger partial charge in [0.25, 0.3) is 0 Å². The summed E-state index contributed by atoms with van der Waals surface area (Å²) in [7, 11) is 1.81. The Balaban J connectivity index is 0.00000180. The van der Waals surface area contributed by atoms with Gasteiger partial charge in [-0.25, -0.2) is 4.98 Å². The third kappa shape index (κ3) is 4.91. The Morgan fingerprint density at radius 1 is 1.53 bits per heavy atom. The van der Waals surface area contributed by atoms with Crippen LogP contribution in [-0.2, 0) is 6.54 Å². The normalized spacial score (nSPS) is 15.9. The highest BCUT2D eigenvalue weighted by molar-refractivity contribution is 14.0. The summed E-state index contributed by atoms with van der Waals surface area (Å²) in [5, 5.41) is 10.0. The lowest BCUT2D eigenvalue weighted by Crippen LogP contribution is -2.45. The number of thiazole rings is 1. The number of hydrogen-bond donors (Lipinski definition) is 2. The minimum absolute atomic E-state index is 0. The minimum Gasteiger partial charge on any atom is -0.354 e. The minimum atomic E-state index is 0. The van der Waals surface area contributed by atoms with E-state index >= 15 is 0 Å². The van der Waals surface area contributed by atoms with Crippen LogP contribution in [0.1, 0.15) is 49.7 Å². The zero-order chi connectivity index (χ0) is 13.0. The van der Waals surface area contributed by atoms with Crippen molar-refractivity contribution in [2.45, 2.75) is 51.6 Å². The van der Waals surface area contributed by atoms with E-state index in [2.05, 4.69) is 39.8 Å². The molecule has 1 aromatic rings. The molecule has 0 saturated heterocycles. The van der Waals surface area contributed by atoms with E-state index < -0.39 is 0 Å². The van der Waals surface area contributed by atoms with Gasteiger partial charge >= 0.3 is 0 Å². The molecule has 1 saturated carbocycles. The lowest BCUT2D eigenvalue weighted by Gasteiger charge is -2.28. The Bertz CT molecular complexity index is 413. The topological polar surface area (TPSA) is 49.3 Å². The number of guanidine groups is 1. The summed E-state index contributed by atoms with van der Waals surface area (Å²) in [6.07, 6.45) is 3.85. The van der Waals surface area contributed by atoms with E-state index in [0.29, 0.717) is 12.0 Å². The zero-order valence-electron chi connectivity index (χ0n) is 11.8. The third-order valence-electron chi connectivity index (χ3n) is 3.24. The number of aromatic nitrogens is 1. The summed E-state index contributed by atoms with van der Waals surface area (Å²) in [5.74, 6) is 1.39. The first-order valence-electron chi connectivity index (χ1n) is 6.60. The highest BCUT2D eigenvalue weighted by atomic mass is 127. The van der Waals surface area contributed by atoms with E-state index in [1.54, 1.807) is 11.3 Å². The Hall–Kier alpha value is -0.370. The predicted octanol–water partition coefficient (Wildman–Crippen LogP) is 3.10. The first-order valence-corrected chi connectivity index (χ1v) is 7.48. The molecule has 108 valence electrons. The Kier molecular flexibility index (Phi) is 7.06. The summed E-state index contributed by atoms with van der Waals surface area (Å²) < 4.78 is 0. The average molecular weight is 394 g/mol. The predicted molar refractivity (Wildman–Crippen MR) is 92.6 cm³/mol. The molecule has 0 aliphatic heterocycles. The molecule has 0 bridgehead atoms. The van der Waals surface area contributed by atoms with E-state index in [-0.39, 0.29) is 24.0 Å². The molecule has 0 aromatic carbocycles. The first-order chi connectivity index (χ1) is 8.69. The number of rotatable bonds is 4. The van der Waals surface area contributed by atoms with Crippen LogP contribution in [0.3, 0.4) is 0 Å². The summed E-state index contributed by atoms with van der Waals surface area (Å²) in [5.41, 5.74) is 1.18. The van der Waals surface area contributed by atoms with E-state index in [4.69, 9.17) is 0 Å². The fourth-order valence-corrected chi connectivity index (χ4v) is 2.67. The Labute approximate surface area is 136 Å². The largest absolute Gasteiger partial charge is 0.354 e. The number of halogens is 1. The molecule has 6 heteroatoms. The fraction of sp³-hybridized carbons (Fsp3) is 0.692. The van der Waals surface area contributed by atoms with Gasteiger partial charge < -0.3 is 10.6 Å². The second kappa shape index (κ2) is 8.04. The summed E-state index contributed by atoms with van der Waals surface area (Å²) in [4.78, 5) is 8.84. The molecule has 1 aliphatic carbocycles. The van der Waals surface area contributed by atoms with Gasteiger partial charge in [0.1, 0.15) is 5.01 Å². The van der Waals surface area contributed by atoms with Crippen molar-refractivity contribution >= 4 is 41.3 Å². The summed E-state index contributed by atoms with van der Waals surface area (Å²) >= 11 is 1.71. The molecular formula is C13H23IN4S. The van der Waals surface area contributed by atoms with Crippen molar-refractivity contribution in [3.8, 4) is 0 Å². The van der Waals surface area contributed by atoms with Gasteiger partial charge in [0.05, 0.1) is 12.2 Å². The van der Waals surface area contributed by atoms with Crippen molar-refractivity contribution < 1.29 is 0 Å². The summed E-state index contributed by atoms with van der Waals surface area (Å²) in [6.45, 7) is 5.09. The maximum absolute atomic E-state index is 4.60. The van der Waals surface area contributed by atoms with Crippen molar-refractivity contribution in [2.75, 3.05) is 7.05 Å². The van der Waals surface area contributed by atoms with Gasteiger partial charge in [-0.05, 0) is 25.2 Å². The van der Waals surface area contributed by atoms with Crippen LogP contribution >= 0.6 is 35.3 Å². The van der Waals surface area contributed by atoms with Crippen molar-refractivity contribution in [3.05, 3.63) is 16.1 Å². The van der Waals surface area contributed by atoms with Crippen LogP contribution in [0.2, 0.25) is 0 Å². The molecule has 0 radical (unpaired) electrons. The van der Waals surface area contributed by atoms with Gasteiger partial charge in [-0.2, -0.15) is 0 Å². The van der Waals surface area contributed by atoms with Crippen LogP contribution in [0.15, 0.2) is 10.4 Å². The molecule has 19 heavy (non-hydrogen) atoms. The number of hydrogen-bond acceptors (Lipinski definition) is 3. The number of nitrogens with one attached hydrogen (secondary N) is 2. The van der Waals surface area contributed by atoms with E-state index in [1.807, 2.05) is 7.05 Å². The quantitative estimate of drug-likeness (QED) is 0.469. The molecule has 2 rings (SSSR count). The highest BCUT2D eigenvalue weighted by Crippen LogP contribution is 2.18. The van der Waals surface area contributed by atoms with Crippen LogP contribution in [0.5, 0.6) is 0 Å². The maximum atomic E-state index is 4.60. The van der Waals surface area contributed by atoms with E-state index in [1.165, 1.54) is 25.0 Å². The molecule has 1 aliphatic rings. The van der Waals surface area contributed by atoms with Gasteiger partial charge in [-0.3, -0.25) is 4.99 Å². The lowest BCUT2D eigenvalue weighted by atomic mass is 9.93. The number of aliphatic imine (C=N–C) groups is 1. The fourth-order valence-electron chi connectivity index (χ4n) is 1.77. The molecule has 2 N–H and O–H groups in total. The second-order valence-electron chi connectivity index (χ2n) is 5.02. The van der Waals surface area contributed by atoms with Crippen molar-refractivity contribution in [2.24, 2.45) is 4.99 Å². The molecule has 0 amide bonds. The molecule has 0 unspecified atom stereocenters. The third-order valence-corrected chi connectivity index (χ3v) is 4.10. The van der Waals surface area contributed by atoms with Crippen LogP contribution in [-0.4, -0.2) is 24.0 Å². The highest BCUT2D eigenvalue weighted by Gasteiger charge is 2.18. The SMILES string of the molecule is CN=C(NCc1nc(C(C)C)cs1)NC1CCC1.I. The van der Waals surface area contributed by atoms with E-state index in [9.17, 15) is 0 Å². The van der Waals surface area contributed by atoms with Gasteiger partial charge in [0.15, 0.2) is 5.96 Å². The molecule has 0 spiro atoms. The first kappa shape index (κ1) is 16.7. The van der Waals surface area contributed by atoms with Crippen LogP contribution in [0, 0.1) is 0 Å². The Morgan fingerprint density at radius 2 is 2.26 bits per heavy atom. The van der Waals surface area contributed by atoms with Crippen molar-refractivity contribution in [1.82, 2.24) is 15.6 Å². The van der Waals surface area contributed by atoms with Gasteiger partial charge in [0, 0.05) is 18.5 Å². The second-order valence-corrected chi connectivity index (χ2v) is 5.96. The molecule has 1 heterocycles. The molecule has 1 aromatic heterocycles. The van der Waals surface area contributed by atoms with Crippen LogP contribution in [0.4, 0.5) is 0 Å². The van der Waals surface area contributed by atoms with Gasteiger partial charge in [-0.1, -0.05) is 13.8 Å². The monoisotopic (exact) mass is 394 g/mol. The average Bonchev–Trinajstić information content (AvgIpc) is 2.76. The molecular weight excluding hydrogens is 371 g/mol.